The van der Waals surface area contributed by atoms with Crippen molar-refractivity contribution in [2.45, 2.75) is 44.2 Å². The van der Waals surface area contributed by atoms with E-state index in [9.17, 15) is 9.59 Å². The van der Waals surface area contributed by atoms with Gasteiger partial charge in [0.25, 0.3) is 0 Å². The number of benzene rings is 1. The zero-order valence-corrected chi connectivity index (χ0v) is 11.3. The van der Waals surface area contributed by atoms with Crippen molar-refractivity contribution >= 4 is 11.9 Å². The van der Waals surface area contributed by atoms with E-state index in [1.54, 1.807) is 0 Å². The average Bonchev–Trinajstić information content (AvgIpc) is 2.45. The molecule has 2 atom stereocenters. The van der Waals surface area contributed by atoms with Gasteiger partial charge in [0.2, 0.25) is 5.91 Å². The van der Waals surface area contributed by atoms with Crippen molar-refractivity contribution in [1.29, 1.82) is 0 Å². The van der Waals surface area contributed by atoms with Crippen LogP contribution in [0.1, 0.15) is 42.9 Å². The van der Waals surface area contributed by atoms with Gasteiger partial charge in [-0.3, -0.25) is 9.59 Å². The zero-order chi connectivity index (χ0) is 14.5. The zero-order valence-electron chi connectivity index (χ0n) is 11.3. The lowest BCUT2D eigenvalue weighted by Gasteiger charge is -2.27. The second kappa shape index (κ2) is 6.52. The number of rotatable bonds is 5. The molecule has 0 fully saturated rings. The van der Waals surface area contributed by atoms with Crippen molar-refractivity contribution in [2.75, 3.05) is 0 Å². The number of carbonyl (C=O) groups excluding carboxylic acids is 1. The van der Waals surface area contributed by atoms with Crippen LogP contribution in [0.5, 0.6) is 0 Å². The molecule has 0 saturated carbocycles. The van der Waals surface area contributed by atoms with Crippen molar-refractivity contribution in [1.82, 2.24) is 5.32 Å². The smallest absolute Gasteiger partial charge is 0.303 e. The van der Waals surface area contributed by atoms with E-state index in [0.717, 1.165) is 24.8 Å². The Labute approximate surface area is 118 Å². The van der Waals surface area contributed by atoms with Crippen molar-refractivity contribution in [3.63, 3.8) is 0 Å². The molecule has 0 radical (unpaired) electrons. The third-order valence-corrected chi connectivity index (χ3v) is 3.69. The number of hydrogen-bond donors (Lipinski definition) is 3. The third-order valence-electron chi connectivity index (χ3n) is 3.69. The van der Waals surface area contributed by atoms with Crippen molar-refractivity contribution < 1.29 is 14.7 Å². The fourth-order valence-corrected chi connectivity index (χ4v) is 2.59. The summed E-state index contributed by atoms with van der Waals surface area (Å²) < 4.78 is 0. The molecule has 0 bridgehead atoms. The number of carbonyl (C=O) groups is 2. The number of aliphatic carboxylic acids is 1. The molecule has 1 aliphatic carbocycles. The van der Waals surface area contributed by atoms with Crippen LogP contribution in [-0.4, -0.2) is 23.0 Å². The number of fused-ring (bicyclic) bond motifs is 1. The number of nitrogens with two attached hydrogens (primary N) is 1. The Hall–Kier alpha value is -1.88. The summed E-state index contributed by atoms with van der Waals surface area (Å²) in [6.07, 6.45) is 3.04. The van der Waals surface area contributed by atoms with Gasteiger partial charge in [0.05, 0.1) is 12.1 Å². The Bertz CT molecular complexity index is 502. The van der Waals surface area contributed by atoms with Gasteiger partial charge in [-0.1, -0.05) is 24.3 Å². The largest absolute Gasteiger partial charge is 0.481 e. The molecule has 108 valence electrons. The number of amides is 1. The Morgan fingerprint density at radius 2 is 2.15 bits per heavy atom. The number of carboxylic acids is 1. The van der Waals surface area contributed by atoms with Gasteiger partial charge in [-0.05, 0) is 36.8 Å². The highest BCUT2D eigenvalue weighted by molar-refractivity contribution is 5.82. The summed E-state index contributed by atoms with van der Waals surface area (Å²) in [7, 11) is 0. The van der Waals surface area contributed by atoms with Gasteiger partial charge >= 0.3 is 5.97 Å². The summed E-state index contributed by atoms with van der Waals surface area (Å²) in [4.78, 5) is 22.5. The lowest BCUT2D eigenvalue weighted by Crippen LogP contribution is -2.43. The molecule has 20 heavy (non-hydrogen) atoms. The van der Waals surface area contributed by atoms with Crippen LogP contribution in [0.2, 0.25) is 0 Å². The van der Waals surface area contributed by atoms with Crippen LogP contribution < -0.4 is 11.1 Å². The van der Waals surface area contributed by atoms with Gasteiger partial charge in [0.1, 0.15) is 0 Å². The van der Waals surface area contributed by atoms with E-state index in [-0.39, 0.29) is 24.8 Å². The van der Waals surface area contributed by atoms with Crippen molar-refractivity contribution in [2.24, 2.45) is 5.73 Å². The lowest BCUT2D eigenvalue weighted by atomic mass is 9.87. The predicted molar refractivity (Wildman–Crippen MR) is 75.1 cm³/mol. The third kappa shape index (κ3) is 3.57. The molecule has 0 saturated heterocycles. The summed E-state index contributed by atoms with van der Waals surface area (Å²) in [6.45, 7) is 0. The Balaban J connectivity index is 1.97. The first kappa shape index (κ1) is 14.5. The van der Waals surface area contributed by atoms with Gasteiger partial charge in [-0.2, -0.15) is 0 Å². The van der Waals surface area contributed by atoms with Crippen LogP contribution in [0, 0.1) is 0 Å². The van der Waals surface area contributed by atoms with Gasteiger partial charge in [-0.25, -0.2) is 0 Å². The molecule has 5 nitrogen and oxygen atoms in total. The maximum atomic E-state index is 12.0. The van der Waals surface area contributed by atoms with E-state index < -0.39 is 12.0 Å². The van der Waals surface area contributed by atoms with E-state index in [1.807, 2.05) is 18.2 Å². The van der Waals surface area contributed by atoms with E-state index in [1.165, 1.54) is 5.56 Å². The van der Waals surface area contributed by atoms with Crippen molar-refractivity contribution in [3.05, 3.63) is 35.4 Å². The standard InChI is InChI=1S/C15H20N2O3/c16-12(8-9-14(18)19)15(20)17-13-7-3-5-10-4-1-2-6-11(10)13/h1-2,4,6,12-13H,3,5,7-9,16H2,(H,17,20)(H,18,19). The number of nitrogens with one attached hydrogen (secondary N) is 1. The molecule has 0 aliphatic heterocycles. The first-order valence-electron chi connectivity index (χ1n) is 6.93. The Morgan fingerprint density at radius 1 is 1.40 bits per heavy atom. The minimum atomic E-state index is -0.934. The molecule has 1 amide bonds. The summed E-state index contributed by atoms with van der Waals surface area (Å²) in [6, 6.07) is 7.30. The molecule has 2 rings (SSSR count). The molecule has 4 N–H and O–H groups in total. The minimum Gasteiger partial charge on any atom is -0.481 e. The van der Waals surface area contributed by atoms with E-state index in [0.29, 0.717) is 0 Å². The number of aryl methyl sites for hydroxylation is 1. The SMILES string of the molecule is NC(CCC(=O)O)C(=O)NC1CCCc2ccccc21. The highest BCUT2D eigenvalue weighted by Gasteiger charge is 2.23. The fourth-order valence-electron chi connectivity index (χ4n) is 2.59. The number of hydrogen-bond acceptors (Lipinski definition) is 3. The van der Waals surface area contributed by atoms with E-state index in [4.69, 9.17) is 10.8 Å². The second-order valence-electron chi connectivity index (χ2n) is 5.19. The lowest BCUT2D eigenvalue weighted by molar-refractivity contribution is -0.137. The second-order valence-corrected chi connectivity index (χ2v) is 5.19. The minimum absolute atomic E-state index is 0.0108. The summed E-state index contributed by atoms with van der Waals surface area (Å²) in [5, 5.41) is 11.6. The molecular formula is C15H20N2O3. The summed E-state index contributed by atoms with van der Waals surface area (Å²) in [5.41, 5.74) is 8.14. The van der Waals surface area contributed by atoms with Gasteiger partial charge in [0.15, 0.2) is 0 Å². The molecular weight excluding hydrogens is 256 g/mol. The maximum Gasteiger partial charge on any atom is 0.303 e. The fraction of sp³-hybridized carbons (Fsp3) is 0.467. The first-order valence-corrected chi connectivity index (χ1v) is 6.93. The molecule has 2 unspecified atom stereocenters. The monoisotopic (exact) mass is 276 g/mol. The quantitative estimate of drug-likeness (QED) is 0.757. The highest BCUT2D eigenvalue weighted by atomic mass is 16.4. The average molecular weight is 276 g/mol. The summed E-state index contributed by atoms with van der Waals surface area (Å²) in [5.74, 6) is -1.20. The van der Waals surface area contributed by atoms with Crippen LogP contribution in [0.25, 0.3) is 0 Å². The molecule has 5 heteroatoms. The molecule has 1 aromatic carbocycles. The normalized spacial score (nSPS) is 18.9. The van der Waals surface area contributed by atoms with Crippen molar-refractivity contribution in [3.8, 4) is 0 Å². The predicted octanol–water partition coefficient (Wildman–Crippen LogP) is 1.37. The molecule has 0 spiro atoms. The van der Waals surface area contributed by atoms with Crippen LogP contribution in [-0.2, 0) is 16.0 Å². The topological polar surface area (TPSA) is 92.4 Å². The van der Waals surface area contributed by atoms with Crippen LogP contribution in [0.15, 0.2) is 24.3 Å². The molecule has 1 aliphatic rings. The first-order chi connectivity index (χ1) is 9.58. The Morgan fingerprint density at radius 3 is 2.90 bits per heavy atom. The van der Waals surface area contributed by atoms with Gasteiger partial charge < -0.3 is 16.2 Å². The molecule has 1 aromatic rings. The summed E-state index contributed by atoms with van der Waals surface area (Å²) >= 11 is 0. The highest BCUT2D eigenvalue weighted by Crippen LogP contribution is 2.29. The van der Waals surface area contributed by atoms with Crippen LogP contribution in [0.4, 0.5) is 0 Å². The maximum absolute atomic E-state index is 12.0. The Kier molecular flexibility index (Phi) is 4.74. The van der Waals surface area contributed by atoms with Gasteiger partial charge in [-0.15, -0.1) is 0 Å². The van der Waals surface area contributed by atoms with E-state index in [2.05, 4.69) is 11.4 Å². The molecule has 0 aromatic heterocycles. The van der Waals surface area contributed by atoms with Gasteiger partial charge in [0, 0.05) is 6.42 Å². The number of carboxylic acid groups (broad SMARTS) is 1. The van der Waals surface area contributed by atoms with Crippen LogP contribution in [0.3, 0.4) is 0 Å². The van der Waals surface area contributed by atoms with E-state index >= 15 is 0 Å². The molecule has 0 heterocycles. The van der Waals surface area contributed by atoms with Crippen LogP contribution >= 0.6 is 0 Å².